The first kappa shape index (κ1) is 15.6. The van der Waals surface area contributed by atoms with Gasteiger partial charge in [0.25, 0.3) is 0 Å². The minimum atomic E-state index is -0.411. The lowest BCUT2D eigenvalue weighted by atomic mass is 9.74. The summed E-state index contributed by atoms with van der Waals surface area (Å²) in [4.78, 5) is 27.8. The van der Waals surface area contributed by atoms with Crippen molar-refractivity contribution in [2.45, 2.75) is 38.3 Å². The van der Waals surface area contributed by atoms with Gasteiger partial charge in [-0.2, -0.15) is 0 Å². The van der Waals surface area contributed by atoms with E-state index in [1.807, 2.05) is 4.90 Å². The maximum atomic E-state index is 12.6. The van der Waals surface area contributed by atoms with Crippen molar-refractivity contribution in [3.63, 3.8) is 0 Å². The highest BCUT2D eigenvalue weighted by molar-refractivity contribution is 6.34. The van der Waals surface area contributed by atoms with Gasteiger partial charge in [-0.05, 0) is 43.4 Å². The average molecular weight is 350 g/mol. The Kier molecular flexibility index (Phi) is 3.79. The summed E-state index contributed by atoms with van der Waals surface area (Å²) >= 11 is 6.20. The van der Waals surface area contributed by atoms with Crippen LogP contribution < -0.4 is 10.2 Å². The third-order valence-corrected chi connectivity index (χ3v) is 5.48. The van der Waals surface area contributed by atoms with E-state index >= 15 is 0 Å². The smallest absolute Gasteiger partial charge is 0.414 e. The summed E-state index contributed by atoms with van der Waals surface area (Å²) in [5.41, 5.74) is 1.20. The minimum Gasteiger partial charge on any atom is -0.447 e. The lowest BCUT2D eigenvalue weighted by molar-refractivity contribution is -0.00601. The zero-order valence-electron chi connectivity index (χ0n) is 13.5. The molecule has 4 fully saturated rings. The maximum absolute atomic E-state index is 12.6. The summed E-state index contributed by atoms with van der Waals surface area (Å²) in [7, 11) is 0. The monoisotopic (exact) mass is 349 g/mol. The van der Waals surface area contributed by atoms with Crippen LogP contribution in [0.5, 0.6) is 0 Å². The molecule has 5 rings (SSSR count). The molecule has 3 saturated heterocycles. The number of ether oxygens (including phenoxy) is 1. The molecular weight excluding hydrogens is 330 g/mol. The van der Waals surface area contributed by atoms with Crippen molar-refractivity contribution in [2.24, 2.45) is 5.92 Å². The summed E-state index contributed by atoms with van der Waals surface area (Å²) in [5, 5.41) is 3.40. The highest BCUT2D eigenvalue weighted by Crippen LogP contribution is 2.41. The summed E-state index contributed by atoms with van der Waals surface area (Å²) < 4.78 is 4.95. The molecule has 1 aromatic rings. The Morgan fingerprint density at radius 2 is 2.04 bits per heavy atom. The number of carbonyl (C=O) groups is 2. The number of benzene rings is 1. The van der Waals surface area contributed by atoms with E-state index in [0.29, 0.717) is 47.6 Å². The number of cyclic esters (lactones) is 1. The van der Waals surface area contributed by atoms with Gasteiger partial charge in [-0.3, -0.25) is 4.90 Å². The van der Waals surface area contributed by atoms with Crippen molar-refractivity contribution in [3.8, 4) is 0 Å². The number of nitrogens with zero attached hydrogens (tertiary/aromatic N) is 2. The molecule has 7 heteroatoms. The van der Waals surface area contributed by atoms with Gasteiger partial charge < -0.3 is 15.0 Å². The fraction of sp³-hybridized carbons (Fsp3) is 0.529. The number of piperidine rings is 1. The standard InChI is InChI=1S/C17H20ClN3O3/c1-10-6-12-9-13(7-10)21(12)16(22)19-11-2-3-14(18)15(8-11)20-4-5-24-17(20)23/h2-3,8,10,12-13H,4-7,9H2,1H3,(H,19,22)/t10?,12-,13+. The van der Waals surface area contributed by atoms with Gasteiger partial charge in [0.05, 0.1) is 17.3 Å². The van der Waals surface area contributed by atoms with Gasteiger partial charge in [0.1, 0.15) is 6.61 Å². The molecule has 0 spiro atoms. The van der Waals surface area contributed by atoms with Crippen molar-refractivity contribution in [1.82, 2.24) is 4.90 Å². The quantitative estimate of drug-likeness (QED) is 0.885. The highest BCUT2D eigenvalue weighted by atomic mass is 35.5. The molecule has 3 aliphatic heterocycles. The van der Waals surface area contributed by atoms with Crippen molar-refractivity contribution in [1.29, 1.82) is 0 Å². The summed E-state index contributed by atoms with van der Waals surface area (Å²) in [5.74, 6) is 0.695. The first-order chi connectivity index (χ1) is 11.5. The number of nitrogens with one attached hydrogen (secondary N) is 1. The van der Waals surface area contributed by atoms with Gasteiger partial charge >= 0.3 is 12.1 Å². The number of urea groups is 1. The topological polar surface area (TPSA) is 61.9 Å². The molecule has 3 atom stereocenters. The Hall–Kier alpha value is -1.95. The Morgan fingerprint density at radius 3 is 2.71 bits per heavy atom. The SMILES string of the molecule is CC1C[C@@H]2C[C@H](C1)N2C(=O)Nc1ccc(Cl)c(N2CCOC2=O)c1. The van der Waals surface area contributed by atoms with Gasteiger partial charge in [0.2, 0.25) is 0 Å². The molecular formula is C17H20ClN3O3. The Balaban J connectivity index is 1.49. The van der Waals surface area contributed by atoms with Crippen molar-refractivity contribution < 1.29 is 14.3 Å². The molecule has 1 aliphatic carbocycles. The molecule has 0 radical (unpaired) electrons. The lowest BCUT2D eigenvalue weighted by Gasteiger charge is -2.54. The molecule has 3 amide bonds. The molecule has 2 bridgehead atoms. The van der Waals surface area contributed by atoms with Crippen molar-refractivity contribution in [2.75, 3.05) is 23.4 Å². The van der Waals surface area contributed by atoms with Crippen LogP contribution in [0.1, 0.15) is 26.2 Å². The maximum Gasteiger partial charge on any atom is 0.414 e. The highest BCUT2D eigenvalue weighted by Gasteiger charge is 2.46. The normalized spacial score (nSPS) is 28.4. The van der Waals surface area contributed by atoms with Crippen molar-refractivity contribution in [3.05, 3.63) is 23.2 Å². The Labute approximate surface area is 145 Å². The minimum absolute atomic E-state index is 0.0691. The van der Waals surface area contributed by atoms with Crippen LogP contribution in [-0.4, -0.2) is 42.3 Å². The molecule has 128 valence electrons. The van der Waals surface area contributed by atoms with E-state index in [-0.39, 0.29) is 6.03 Å². The number of rotatable bonds is 2. The van der Waals surface area contributed by atoms with Crippen LogP contribution in [-0.2, 0) is 4.74 Å². The van der Waals surface area contributed by atoms with E-state index in [2.05, 4.69) is 12.2 Å². The largest absolute Gasteiger partial charge is 0.447 e. The number of fused-ring (bicyclic) bond motifs is 2. The van der Waals surface area contributed by atoms with Crippen LogP contribution in [0.25, 0.3) is 0 Å². The van der Waals surface area contributed by atoms with E-state index in [1.54, 1.807) is 18.2 Å². The molecule has 1 N–H and O–H groups in total. The van der Waals surface area contributed by atoms with Crippen molar-refractivity contribution >= 4 is 35.1 Å². The van der Waals surface area contributed by atoms with Crippen LogP contribution >= 0.6 is 11.6 Å². The number of amides is 3. The average Bonchev–Trinajstić information content (AvgIpc) is 2.94. The molecule has 24 heavy (non-hydrogen) atoms. The molecule has 1 aromatic carbocycles. The summed E-state index contributed by atoms with van der Waals surface area (Å²) in [6, 6.07) is 5.82. The van der Waals surface area contributed by atoms with Gasteiger partial charge in [-0.25, -0.2) is 9.59 Å². The van der Waals surface area contributed by atoms with E-state index in [9.17, 15) is 9.59 Å². The molecule has 1 unspecified atom stereocenters. The molecule has 1 saturated carbocycles. The van der Waals surface area contributed by atoms with Gasteiger partial charge in [-0.15, -0.1) is 0 Å². The predicted molar refractivity (Wildman–Crippen MR) is 91.6 cm³/mol. The zero-order chi connectivity index (χ0) is 16.8. The molecule has 4 aliphatic rings. The first-order valence-corrected chi connectivity index (χ1v) is 8.74. The number of anilines is 2. The third-order valence-electron chi connectivity index (χ3n) is 5.16. The molecule has 3 heterocycles. The van der Waals surface area contributed by atoms with Crippen LogP contribution in [0.4, 0.5) is 21.0 Å². The van der Waals surface area contributed by atoms with E-state index in [1.165, 1.54) is 4.90 Å². The van der Waals surface area contributed by atoms with Gasteiger partial charge in [0, 0.05) is 17.8 Å². The fourth-order valence-corrected chi connectivity index (χ4v) is 4.29. The third kappa shape index (κ3) is 2.59. The van der Waals surface area contributed by atoms with Crippen LogP contribution in [0.15, 0.2) is 18.2 Å². The number of hydrogen-bond donors (Lipinski definition) is 1. The van der Waals surface area contributed by atoms with E-state index in [0.717, 1.165) is 19.3 Å². The second-order valence-corrected chi connectivity index (χ2v) is 7.30. The van der Waals surface area contributed by atoms with Crippen LogP contribution in [0.2, 0.25) is 5.02 Å². The first-order valence-electron chi connectivity index (χ1n) is 8.36. The second-order valence-electron chi connectivity index (χ2n) is 6.89. The fourth-order valence-electron chi connectivity index (χ4n) is 4.08. The van der Waals surface area contributed by atoms with Crippen LogP contribution in [0.3, 0.4) is 0 Å². The number of halogens is 1. The van der Waals surface area contributed by atoms with E-state index < -0.39 is 6.09 Å². The zero-order valence-corrected chi connectivity index (χ0v) is 14.3. The number of hydrogen-bond acceptors (Lipinski definition) is 3. The predicted octanol–water partition coefficient (Wildman–Crippen LogP) is 3.70. The van der Waals surface area contributed by atoms with E-state index in [4.69, 9.17) is 16.3 Å². The van der Waals surface area contributed by atoms with Crippen LogP contribution in [0, 0.1) is 5.92 Å². The molecule has 0 aromatic heterocycles. The van der Waals surface area contributed by atoms with Gasteiger partial charge in [-0.1, -0.05) is 18.5 Å². The Morgan fingerprint density at radius 1 is 1.29 bits per heavy atom. The summed E-state index contributed by atoms with van der Waals surface area (Å²) in [6.45, 7) is 3.06. The molecule has 6 nitrogen and oxygen atoms in total. The summed E-state index contributed by atoms with van der Waals surface area (Å²) in [6.07, 6.45) is 2.86. The lowest BCUT2D eigenvalue weighted by Crippen LogP contribution is -2.63. The number of carbonyl (C=O) groups excluding carboxylic acids is 2. The second kappa shape index (κ2) is 5.84. The van der Waals surface area contributed by atoms with Gasteiger partial charge in [0.15, 0.2) is 0 Å². The Bertz CT molecular complexity index is 684.